The zero-order valence-electron chi connectivity index (χ0n) is 14.3. The first-order chi connectivity index (χ1) is 12.4. The lowest BCUT2D eigenvalue weighted by Crippen LogP contribution is -2.42. The van der Waals surface area contributed by atoms with Crippen LogP contribution in [0.2, 0.25) is 5.02 Å². The second kappa shape index (κ2) is 7.70. The highest BCUT2D eigenvalue weighted by molar-refractivity contribution is 6.30. The Hall–Kier alpha value is -2.67. The molecule has 0 aromatic carbocycles. The number of nitrogens with one attached hydrogen (secondary N) is 2. The minimum atomic E-state index is -0.301. The van der Waals surface area contributed by atoms with Crippen LogP contribution in [0.3, 0.4) is 0 Å². The van der Waals surface area contributed by atoms with Gasteiger partial charge in [0.25, 0.3) is 5.91 Å². The summed E-state index contributed by atoms with van der Waals surface area (Å²) in [6.45, 7) is 2.62. The first kappa shape index (κ1) is 18.1. The Bertz CT molecular complexity index is 871. The Kier molecular flexibility index (Phi) is 5.37. The van der Waals surface area contributed by atoms with Crippen LogP contribution in [0.25, 0.3) is 0 Å². The van der Waals surface area contributed by atoms with Gasteiger partial charge >= 0.3 is 0 Å². The summed E-state index contributed by atoms with van der Waals surface area (Å²) in [5.74, 6) is -0.179. The number of H-pyrrole nitrogens is 1. The molecule has 1 saturated heterocycles. The van der Waals surface area contributed by atoms with E-state index in [0.717, 1.165) is 0 Å². The van der Waals surface area contributed by atoms with Gasteiger partial charge in [-0.3, -0.25) is 14.4 Å². The molecule has 0 atom stereocenters. The van der Waals surface area contributed by atoms with Gasteiger partial charge in [0.1, 0.15) is 11.4 Å². The summed E-state index contributed by atoms with van der Waals surface area (Å²) in [6.07, 6.45) is 3.99. The van der Waals surface area contributed by atoms with Crippen molar-refractivity contribution < 1.29 is 9.59 Å². The van der Waals surface area contributed by atoms with Crippen molar-refractivity contribution in [1.29, 1.82) is 0 Å². The monoisotopic (exact) mass is 374 g/mol. The summed E-state index contributed by atoms with van der Waals surface area (Å²) in [6, 6.07) is 4.71. The van der Waals surface area contributed by atoms with Gasteiger partial charge in [-0.1, -0.05) is 11.6 Å². The van der Waals surface area contributed by atoms with E-state index in [1.54, 1.807) is 24.0 Å². The van der Waals surface area contributed by atoms with Crippen LogP contribution in [-0.4, -0.2) is 39.8 Å². The number of pyridine rings is 2. The smallest absolute Gasteiger partial charge is 0.259 e. The molecule has 0 spiro atoms. The number of piperidine rings is 1. The Morgan fingerprint density at radius 3 is 2.65 bits per heavy atom. The minimum absolute atomic E-state index is 0.125. The molecule has 0 unspecified atom stereocenters. The highest BCUT2D eigenvalue weighted by atomic mass is 35.5. The number of halogens is 1. The number of aromatic amines is 1. The number of amides is 2. The van der Waals surface area contributed by atoms with Gasteiger partial charge in [0, 0.05) is 43.2 Å². The van der Waals surface area contributed by atoms with Gasteiger partial charge in [-0.15, -0.1) is 0 Å². The Labute approximate surface area is 155 Å². The van der Waals surface area contributed by atoms with Crippen LogP contribution < -0.4 is 10.7 Å². The fraction of sp³-hybridized carbons (Fsp3) is 0.333. The third-order valence-electron chi connectivity index (χ3n) is 4.42. The minimum Gasteiger partial charge on any atom is -0.364 e. The molecule has 0 bridgehead atoms. The van der Waals surface area contributed by atoms with Gasteiger partial charge in [-0.2, -0.15) is 0 Å². The van der Waals surface area contributed by atoms with Crippen LogP contribution in [-0.2, 0) is 4.79 Å². The van der Waals surface area contributed by atoms with E-state index in [9.17, 15) is 14.4 Å². The average molecular weight is 375 g/mol. The van der Waals surface area contributed by atoms with E-state index in [-0.39, 0.29) is 28.7 Å². The third kappa shape index (κ3) is 4.11. The molecule has 2 amide bonds. The predicted octanol–water partition coefficient (Wildman–Crippen LogP) is 2.22. The molecule has 0 aliphatic carbocycles. The first-order valence-electron chi connectivity index (χ1n) is 8.35. The topological polar surface area (TPSA) is 95.2 Å². The number of aryl methyl sites for hydroxylation is 1. The molecule has 2 aromatic heterocycles. The normalized spacial score (nSPS) is 14.9. The number of aromatic nitrogens is 2. The molecule has 0 radical (unpaired) electrons. The molecule has 2 aromatic rings. The van der Waals surface area contributed by atoms with Crippen molar-refractivity contribution in [3.05, 3.63) is 57.1 Å². The maximum absolute atomic E-state index is 12.5. The van der Waals surface area contributed by atoms with Crippen molar-refractivity contribution in [1.82, 2.24) is 14.9 Å². The largest absolute Gasteiger partial charge is 0.364 e. The Morgan fingerprint density at radius 2 is 2.04 bits per heavy atom. The van der Waals surface area contributed by atoms with Gasteiger partial charge in [0.05, 0.1) is 5.02 Å². The predicted molar refractivity (Wildman–Crippen MR) is 98.3 cm³/mol. The van der Waals surface area contributed by atoms with Crippen molar-refractivity contribution >= 4 is 29.2 Å². The average Bonchev–Trinajstić information content (AvgIpc) is 2.63. The van der Waals surface area contributed by atoms with Gasteiger partial charge in [0.2, 0.25) is 5.91 Å². The van der Waals surface area contributed by atoms with E-state index in [1.807, 2.05) is 0 Å². The molecule has 136 valence electrons. The molecule has 26 heavy (non-hydrogen) atoms. The molecule has 1 aliphatic heterocycles. The molecule has 1 aliphatic rings. The number of anilines is 1. The highest BCUT2D eigenvalue weighted by Gasteiger charge is 2.28. The quantitative estimate of drug-likeness (QED) is 0.861. The fourth-order valence-electron chi connectivity index (χ4n) is 2.93. The number of carbonyl (C=O) groups excluding carboxylic acids is 2. The SMILES string of the molecule is Cc1cc(=O)c(C(=O)N2CCC(C(=O)Nc3ccc(Cl)cn3)CC2)c[nH]1. The lowest BCUT2D eigenvalue weighted by Gasteiger charge is -2.31. The Balaban J connectivity index is 1.58. The van der Waals surface area contributed by atoms with Gasteiger partial charge in [0.15, 0.2) is 5.43 Å². The van der Waals surface area contributed by atoms with Crippen LogP contribution in [0.1, 0.15) is 28.9 Å². The van der Waals surface area contributed by atoms with Gasteiger partial charge in [-0.05, 0) is 31.9 Å². The summed E-state index contributed by atoms with van der Waals surface area (Å²) in [4.78, 5) is 45.4. The van der Waals surface area contributed by atoms with E-state index in [2.05, 4.69) is 15.3 Å². The molecular formula is C18H19ClN4O3. The molecule has 8 heteroatoms. The summed E-state index contributed by atoms with van der Waals surface area (Å²) >= 11 is 5.78. The van der Waals surface area contributed by atoms with Crippen LogP contribution >= 0.6 is 11.6 Å². The molecule has 7 nitrogen and oxygen atoms in total. The molecular weight excluding hydrogens is 356 g/mol. The molecule has 3 rings (SSSR count). The Morgan fingerprint density at radius 1 is 1.31 bits per heavy atom. The molecule has 0 saturated carbocycles. The summed E-state index contributed by atoms with van der Waals surface area (Å²) in [7, 11) is 0. The van der Waals surface area contributed by atoms with E-state index in [4.69, 9.17) is 11.6 Å². The van der Waals surface area contributed by atoms with Crippen molar-refractivity contribution in [3.63, 3.8) is 0 Å². The fourth-order valence-corrected chi connectivity index (χ4v) is 3.05. The second-order valence-corrected chi connectivity index (χ2v) is 6.75. The maximum atomic E-state index is 12.5. The zero-order chi connectivity index (χ0) is 18.7. The number of hydrogen-bond acceptors (Lipinski definition) is 4. The standard InChI is InChI=1S/C18H19ClN4O3/c1-11-8-15(24)14(10-20-11)18(26)23-6-4-12(5-7-23)17(25)22-16-3-2-13(19)9-21-16/h2-3,8-10,12H,4-7H2,1H3,(H,20,24)(H,21,22,25). The van der Waals surface area contributed by atoms with Crippen LogP contribution in [0.5, 0.6) is 0 Å². The van der Waals surface area contributed by atoms with E-state index < -0.39 is 0 Å². The molecule has 2 N–H and O–H groups in total. The van der Waals surface area contributed by atoms with E-state index in [0.29, 0.717) is 42.5 Å². The first-order valence-corrected chi connectivity index (χ1v) is 8.73. The van der Waals surface area contributed by atoms with E-state index >= 15 is 0 Å². The second-order valence-electron chi connectivity index (χ2n) is 6.31. The van der Waals surface area contributed by atoms with Crippen molar-refractivity contribution in [2.75, 3.05) is 18.4 Å². The van der Waals surface area contributed by atoms with Crippen LogP contribution in [0.4, 0.5) is 5.82 Å². The number of hydrogen-bond donors (Lipinski definition) is 2. The molecule has 3 heterocycles. The lowest BCUT2D eigenvalue weighted by atomic mass is 9.95. The van der Waals surface area contributed by atoms with Crippen molar-refractivity contribution in [2.24, 2.45) is 5.92 Å². The van der Waals surface area contributed by atoms with Crippen molar-refractivity contribution in [3.8, 4) is 0 Å². The number of rotatable bonds is 3. The lowest BCUT2D eigenvalue weighted by molar-refractivity contribution is -0.121. The number of carbonyl (C=O) groups is 2. The molecule has 1 fully saturated rings. The maximum Gasteiger partial charge on any atom is 0.259 e. The number of nitrogens with zero attached hydrogens (tertiary/aromatic N) is 2. The van der Waals surface area contributed by atoms with Crippen LogP contribution in [0, 0.1) is 12.8 Å². The van der Waals surface area contributed by atoms with Gasteiger partial charge < -0.3 is 15.2 Å². The zero-order valence-corrected chi connectivity index (χ0v) is 15.0. The number of likely N-dealkylation sites (tertiary alicyclic amines) is 1. The summed E-state index contributed by atoms with van der Waals surface area (Å²) in [5.41, 5.74) is 0.543. The van der Waals surface area contributed by atoms with Crippen LogP contribution in [0.15, 0.2) is 35.4 Å². The van der Waals surface area contributed by atoms with Crippen molar-refractivity contribution in [2.45, 2.75) is 19.8 Å². The summed E-state index contributed by atoms with van der Waals surface area (Å²) < 4.78 is 0. The third-order valence-corrected chi connectivity index (χ3v) is 4.64. The van der Waals surface area contributed by atoms with E-state index in [1.165, 1.54) is 18.5 Å². The summed E-state index contributed by atoms with van der Waals surface area (Å²) in [5, 5.41) is 3.26. The van der Waals surface area contributed by atoms with Gasteiger partial charge in [-0.25, -0.2) is 4.98 Å². The highest BCUT2D eigenvalue weighted by Crippen LogP contribution is 2.20.